The number of piperidine rings is 1. The van der Waals surface area contributed by atoms with Crippen molar-refractivity contribution < 1.29 is 22.4 Å². The summed E-state index contributed by atoms with van der Waals surface area (Å²) in [6, 6.07) is 5.51. The van der Waals surface area contributed by atoms with E-state index in [4.69, 9.17) is 0 Å². The quantitative estimate of drug-likeness (QED) is 0.459. The summed E-state index contributed by atoms with van der Waals surface area (Å²) in [5.74, 6) is -0.638. The van der Waals surface area contributed by atoms with E-state index in [1.165, 1.54) is 41.5 Å². The first-order valence-corrected chi connectivity index (χ1v) is 10.2. The van der Waals surface area contributed by atoms with Crippen LogP contribution in [0.2, 0.25) is 0 Å². The average Bonchev–Trinajstić information content (AvgIpc) is 3.32. The molecule has 1 aliphatic heterocycles. The van der Waals surface area contributed by atoms with Crippen molar-refractivity contribution in [3.05, 3.63) is 78.0 Å². The van der Waals surface area contributed by atoms with E-state index in [0.29, 0.717) is 19.4 Å². The number of pyridine rings is 1. The molecule has 0 unspecified atom stereocenters. The van der Waals surface area contributed by atoms with Crippen LogP contribution >= 0.6 is 0 Å². The van der Waals surface area contributed by atoms with Gasteiger partial charge in [0.05, 0.1) is 29.6 Å². The molecule has 3 aromatic rings. The molecule has 172 valence electrons. The fourth-order valence-corrected chi connectivity index (χ4v) is 3.73. The number of halogens is 4. The molecule has 1 aliphatic rings. The van der Waals surface area contributed by atoms with Crippen LogP contribution in [-0.4, -0.2) is 49.9 Å². The summed E-state index contributed by atoms with van der Waals surface area (Å²) in [6.07, 6.45) is 0.534. The van der Waals surface area contributed by atoms with Crippen LogP contribution < -0.4 is 5.32 Å². The van der Waals surface area contributed by atoms with E-state index in [9.17, 15) is 22.4 Å². The van der Waals surface area contributed by atoms with E-state index in [1.807, 2.05) is 0 Å². The van der Waals surface area contributed by atoms with Gasteiger partial charge in [0.25, 0.3) is 5.91 Å². The van der Waals surface area contributed by atoms with Crippen LogP contribution in [0.5, 0.6) is 0 Å². The molecule has 1 amide bonds. The molecule has 0 radical (unpaired) electrons. The van der Waals surface area contributed by atoms with Crippen LogP contribution in [0.15, 0.2) is 61.1 Å². The predicted molar refractivity (Wildman–Crippen MR) is 112 cm³/mol. The van der Waals surface area contributed by atoms with E-state index in [2.05, 4.69) is 27.1 Å². The summed E-state index contributed by atoms with van der Waals surface area (Å²) < 4.78 is 52.2. The van der Waals surface area contributed by atoms with Gasteiger partial charge in [0.1, 0.15) is 17.3 Å². The standard InChI is InChI=1S/C22H20F4N6O/c1-14-3-2-10-31(19(14)13-28-20-7-4-15(12-27-20)22(24,25)26)21(33)17-6-5-16(23)11-18(17)32-29-8-9-30-32/h4-9,11-12,19H,1-3,10,13H2,(H,27,28)/t19-/m1/s1. The Morgan fingerprint density at radius 2 is 1.94 bits per heavy atom. The van der Waals surface area contributed by atoms with E-state index >= 15 is 0 Å². The van der Waals surface area contributed by atoms with Crippen molar-refractivity contribution in [3.63, 3.8) is 0 Å². The van der Waals surface area contributed by atoms with Crippen molar-refractivity contribution in [2.45, 2.75) is 25.1 Å². The number of alkyl halides is 3. The zero-order valence-corrected chi connectivity index (χ0v) is 17.4. The molecule has 7 nitrogen and oxygen atoms in total. The zero-order valence-electron chi connectivity index (χ0n) is 17.4. The van der Waals surface area contributed by atoms with Gasteiger partial charge >= 0.3 is 6.18 Å². The number of nitrogens with one attached hydrogen (secondary N) is 1. The average molecular weight is 460 g/mol. The van der Waals surface area contributed by atoms with Crippen LogP contribution in [0.25, 0.3) is 5.69 Å². The smallest absolute Gasteiger partial charge is 0.368 e. The van der Waals surface area contributed by atoms with Crippen molar-refractivity contribution in [3.8, 4) is 5.69 Å². The third-order valence-corrected chi connectivity index (χ3v) is 5.40. The van der Waals surface area contributed by atoms with Gasteiger partial charge < -0.3 is 10.2 Å². The molecule has 1 atom stereocenters. The number of anilines is 1. The lowest BCUT2D eigenvalue weighted by Crippen LogP contribution is -2.48. The molecule has 0 spiro atoms. The molecule has 2 aromatic heterocycles. The number of likely N-dealkylation sites (tertiary alicyclic amines) is 1. The number of carbonyl (C=O) groups excluding carboxylic acids is 1. The first-order valence-electron chi connectivity index (χ1n) is 10.2. The summed E-state index contributed by atoms with van der Waals surface area (Å²) in [7, 11) is 0. The number of aromatic nitrogens is 4. The van der Waals surface area contributed by atoms with Gasteiger partial charge in [0.15, 0.2) is 0 Å². The topological polar surface area (TPSA) is 75.9 Å². The summed E-state index contributed by atoms with van der Waals surface area (Å²) in [5.41, 5.74) is 0.384. The number of hydrogen-bond acceptors (Lipinski definition) is 5. The van der Waals surface area contributed by atoms with Crippen LogP contribution in [0.1, 0.15) is 28.8 Å². The lowest BCUT2D eigenvalue weighted by Gasteiger charge is -2.38. The highest BCUT2D eigenvalue weighted by Gasteiger charge is 2.32. The highest BCUT2D eigenvalue weighted by molar-refractivity contribution is 5.98. The van der Waals surface area contributed by atoms with E-state index in [-0.39, 0.29) is 29.5 Å². The maximum atomic E-state index is 13.9. The van der Waals surface area contributed by atoms with Crippen LogP contribution in [0.3, 0.4) is 0 Å². The van der Waals surface area contributed by atoms with Crippen LogP contribution in [0.4, 0.5) is 23.4 Å². The van der Waals surface area contributed by atoms with Gasteiger partial charge in [-0.2, -0.15) is 28.2 Å². The molecule has 0 saturated carbocycles. The Kier molecular flexibility index (Phi) is 6.12. The van der Waals surface area contributed by atoms with E-state index < -0.39 is 23.6 Å². The molecule has 11 heteroatoms. The second-order valence-corrected chi connectivity index (χ2v) is 7.57. The minimum Gasteiger partial charge on any atom is -0.368 e. The minimum atomic E-state index is -4.47. The number of rotatable bonds is 5. The lowest BCUT2D eigenvalue weighted by atomic mass is 9.95. The first-order chi connectivity index (χ1) is 15.7. The molecule has 1 saturated heterocycles. The fourth-order valence-electron chi connectivity index (χ4n) is 3.73. The highest BCUT2D eigenvalue weighted by atomic mass is 19.4. The largest absolute Gasteiger partial charge is 0.417 e. The normalized spacial score (nSPS) is 16.7. The van der Waals surface area contributed by atoms with Gasteiger partial charge in [0.2, 0.25) is 0 Å². The number of amides is 1. The van der Waals surface area contributed by atoms with Crippen LogP contribution in [0, 0.1) is 5.82 Å². The Balaban J connectivity index is 1.56. The third-order valence-electron chi connectivity index (χ3n) is 5.40. The van der Waals surface area contributed by atoms with Gasteiger partial charge in [-0.1, -0.05) is 12.2 Å². The number of nitrogens with zero attached hydrogens (tertiary/aromatic N) is 5. The molecule has 0 aliphatic carbocycles. The Bertz CT molecular complexity index is 1140. The van der Waals surface area contributed by atoms with Crippen molar-refractivity contribution in [1.82, 2.24) is 24.9 Å². The molecule has 1 aromatic carbocycles. The lowest BCUT2D eigenvalue weighted by molar-refractivity contribution is -0.137. The van der Waals surface area contributed by atoms with Crippen molar-refractivity contribution in [2.24, 2.45) is 0 Å². The Labute approximate surface area is 186 Å². The number of benzene rings is 1. The molecule has 3 heterocycles. The first kappa shape index (κ1) is 22.4. The molecule has 1 fully saturated rings. The van der Waals surface area contributed by atoms with Gasteiger partial charge in [-0.3, -0.25) is 4.79 Å². The van der Waals surface area contributed by atoms with Crippen molar-refractivity contribution in [2.75, 3.05) is 18.4 Å². The van der Waals surface area contributed by atoms with E-state index in [1.54, 1.807) is 4.90 Å². The van der Waals surface area contributed by atoms with Crippen LogP contribution in [-0.2, 0) is 6.18 Å². The SMILES string of the molecule is C=C1CCCN(C(=O)c2ccc(F)cc2-n2nccn2)[C@@H]1CNc1ccc(C(F)(F)F)cn1. The molecule has 0 bridgehead atoms. The Morgan fingerprint density at radius 1 is 1.18 bits per heavy atom. The summed E-state index contributed by atoms with van der Waals surface area (Å²) in [6.45, 7) is 4.72. The van der Waals surface area contributed by atoms with Crippen molar-refractivity contribution >= 4 is 11.7 Å². The fraction of sp³-hybridized carbons (Fsp3) is 0.273. The summed E-state index contributed by atoms with van der Waals surface area (Å²) in [5, 5.41) is 11.0. The maximum absolute atomic E-state index is 13.9. The maximum Gasteiger partial charge on any atom is 0.417 e. The Hall–Kier alpha value is -3.76. The number of hydrogen-bond donors (Lipinski definition) is 1. The minimum absolute atomic E-state index is 0.206. The molecule has 1 N–H and O–H groups in total. The summed E-state index contributed by atoms with van der Waals surface area (Å²) in [4.78, 5) is 20.1. The molecule has 33 heavy (non-hydrogen) atoms. The van der Waals surface area contributed by atoms with Gasteiger partial charge in [-0.05, 0) is 37.1 Å². The van der Waals surface area contributed by atoms with Gasteiger partial charge in [0, 0.05) is 25.4 Å². The van der Waals surface area contributed by atoms with Crippen molar-refractivity contribution in [1.29, 1.82) is 0 Å². The molecule has 4 rings (SSSR count). The summed E-state index contributed by atoms with van der Waals surface area (Å²) >= 11 is 0. The number of carbonyl (C=O) groups is 1. The highest BCUT2D eigenvalue weighted by Crippen LogP contribution is 2.29. The van der Waals surface area contributed by atoms with Gasteiger partial charge in [-0.15, -0.1) is 0 Å². The Morgan fingerprint density at radius 3 is 2.61 bits per heavy atom. The predicted octanol–water partition coefficient (Wildman–Crippen LogP) is 4.09. The zero-order chi connectivity index (χ0) is 23.6. The second-order valence-electron chi connectivity index (χ2n) is 7.57. The van der Waals surface area contributed by atoms with E-state index in [0.717, 1.165) is 17.8 Å². The third kappa shape index (κ3) is 4.86. The van der Waals surface area contributed by atoms with Gasteiger partial charge in [-0.25, -0.2) is 9.37 Å². The second kappa shape index (κ2) is 9.00. The molecular formula is C22H20F4N6O. The molecular weight excluding hydrogens is 440 g/mol. The monoisotopic (exact) mass is 460 g/mol.